The van der Waals surface area contributed by atoms with Crippen molar-refractivity contribution in [2.75, 3.05) is 18.9 Å². The van der Waals surface area contributed by atoms with E-state index in [0.29, 0.717) is 12.2 Å². The lowest BCUT2D eigenvalue weighted by atomic mass is 10.2. The number of anilines is 1. The minimum atomic E-state index is -3.44. The summed E-state index contributed by atoms with van der Waals surface area (Å²) in [4.78, 5) is 0.245. The monoisotopic (exact) mass is 257 g/mol. The van der Waals surface area contributed by atoms with E-state index in [2.05, 4.69) is 10.0 Å². The zero-order valence-corrected chi connectivity index (χ0v) is 10.9. The van der Waals surface area contributed by atoms with Gasteiger partial charge in [-0.1, -0.05) is 19.1 Å². The highest BCUT2D eigenvalue weighted by atomic mass is 32.2. The Bertz CT molecular complexity index is 456. The number of sulfonamides is 1. The Hall–Kier alpha value is -1.11. The van der Waals surface area contributed by atoms with E-state index in [4.69, 9.17) is 5.73 Å². The lowest BCUT2D eigenvalue weighted by Crippen LogP contribution is -2.29. The Labute approximate surface area is 102 Å². The third-order valence-electron chi connectivity index (χ3n) is 2.58. The SMILES string of the molecule is CCC(CN)Nc1ccccc1S(=O)(=O)NC. The van der Waals surface area contributed by atoms with Gasteiger partial charge >= 0.3 is 0 Å². The molecule has 1 aromatic rings. The summed E-state index contributed by atoms with van der Waals surface area (Å²) in [6.07, 6.45) is 0.838. The Morgan fingerprint density at radius 2 is 2.00 bits per heavy atom. The van der Waals surface area contributed by atoms with E-state index in [1.165, 1.54) is 7.05 Å². The standard InChI is InChI=1S/C11H19N3O2S/c1-3-9(8-12)14-10-6-4-5-7-11(10)17(15,16)13-2/h4-7,9,13-14H,3,8,12H2,1-2H3. The predicted molar refractivity (Wildman–Crippen MR) is 69.4 cm³/mol. The van der Waals surface area contributed by atoms with Crippen LogP contribution in [-0.2, 0) is 10.0 Å². The molecule has 0 aromatic heterocycles. The molecule has 0 radical (unpaired) electrons. The highest BCUT2D eigenvalue weighted by Crippen LogP contribution is 2.21. The predicted octanol–water partition coefficient (Wildman–Crippen LogP) is 0.744. The van der Waals surface area contributed by atoms with E-state index in [1.54, 1.807) is 24.3 Å². The second kappa shape index (κ2) is 6.00. The third kappa shape index (κ3) is 3.42. The number of nitrogens with one attached hydrogen (secondary N) is 2. The molecular formula is C11H19N3O2S. The summed E-state index contributed by atoms with van der Waals surface area (Å²) in [5.74, 6) is 0. The van der Waals surface area contributed by atoms with E-state index in [9.17, 15) is 8.42 Å². The van der Waals surface area contributed by atoms with Gasteiger partial charge in [-0.15, -0.1) is 0 Å². The highest BCUT2D eigenvalue weighted by Gasteiger charge is 2.17. The lowest BCUT2D eigenvalue weighted by Gasteiger charge is -2.18. The van der Waals surface area contributed by atoms with Gasteiger partial charge in [0.1, 0.15) is 4.90 Å². The Morgan fingerprint density at radius 1 is 1.35 bits per heavy atom. The molecule has 5 nitrogen and oxygen atoms in total. The van der Waals surface area contributed by atoms with Gasteiger partial charge < -0.3 is 11.1 Å². The number of hydrogen-bond acceptors (Lipinski definition) is 4. The number of rotatable bonds is 6. The number of nitrogens with two attached hydrogens (primary N) is 1. The molecule has 0 aliphatic rings. The smallest absolute Gasteiger partial charge is 0.242 e. The first-order valence-corrected chi connectivity index (χ1v) is 7.02. The summed E-state index contributed by atoms with van der Waals surface area (Å²) in [5.41, 5.74) is 6.18. The Kier molecular flexibility index (Phi) is 4.92. The van der Waals surface area contributed by atoms with Crippen LogP contribution in [0.5, 0.6) is 0 Å². The van der Waals surface area contributed by atoms with E-state index < -0.39 is 10.0 Å². The Balaban J connectivity index is 3.09. The average Bonchev–Trinajstić information content (AvgIpc) is 2.36. The summed E-state index contributed by atoms with van der Waals surface area (Å²) in [5, 5.41) is 3.14. The van der Waals surface area contributed by atoms with Gasteiger partial charge in [-0.05, 0) is 25.6 Å². The van der Waals surface area contributed by atoms with E-state index in [-0.39, 0.29) is 10.9 Å². The van der Waals surface area contributed by atoms with E-state index in [0.717, 1.165) is 6.42 Å². The first-order valence-electron chi connectivity index (χ1n) is 5.54. The molecule has 1 unspecified atom stereocenters. The van der Waals surface area contributed by atoms with Gasteiger partial charge in [-0.3, -0.25) is 0 Å². The normalized spacial score (nSPS) is 13.4. The molecule has 0 bridgehead atoms. The van der Waals surface area contributed by atoms with Crippen LogP contribution in [-0.4, -0.2) is 28.1 Å². The molecule has 0 heterocycles. The topological polar surface area (TPSA) is 84.2 Å². The van der Waals surface area contributed by atoms with Crippen LogP contribution >= 0.6 is 0 Å². The van der Waals surface area contributed by atoms with Crippen molar-refractivity contribution < 1.29 is 8.42 Å². The van der Waals surface area contributed by atoms with E-state index in [1.807, 2.05) is 6.92 Å². The zero-order chi connectivity index (χ0) is 12.9. The summed E-state index contributed by atoms with van der Waals surface area (Å²) < 4.78 is 25.9. The van der Waals surface area contributed by atoms with Crippen LogP contribution in [0.15, 0.2) is 29.2 Å². The van der Waals surface area contributed by atoms with E-state index >= 15 is 0 Å². The van der Waals surface area contributed by atoms with Gasteiger partial charge in [0.15, 0.2) is 0 Å². The summed E-state index contributed by atoms with van der Waals surface area (Å²) in [6, 6.07) is 6.86. The molecule has 6 heteroatoms. The maximum Gasteiger partial charge on any atom is 0.242 e. The molecule has 0 aliphatic heterocycles. The molecular weight excluding hydrogens is 238 g/mol. The summed E-state index contributed by atoms with van der Waals surface area (Å²) in [6.45, 7) is 2.46. The maximum atomic E-state index is 11.8. The second-order valence-corrected chi connectivity index (χ2v) is 5.54. The largest absolute Gasteiger partial charge is 0.380 e. The molecule has 0 fully saturated rings. The van der Waals surface area contributed by atoms with Crippen LogP contribution < -0.4 is 15.8 Å². The fourth-order valence-corrected chi connectivity index (χ4v) is 2.37. The fourth-order valence-electron chi connectivity index (χ4n) is 1.48. The van der Waals surface area contributed by atoms with Crippen molar-refractivity contribution in [1.82, 2.24) is 4.72 Å². The van der Waals surface area contributed by atoms with Gasteiger partial charge in [0.05, 0.1) is 5.69 Å². The van der Waals surface area contributed by atoms with Gasteiger partial charge in [-0.2, -0.15) is 0 Å². The van der Waals surface area contributed by atoms with Crippen LogP contribution in [0.4, 0.5) is 5.69 Å². The van der Waals surface area contributed by atoms with Crippen molar-refractivity contribution in [3.8, 4) is 0 Å². The molecule has 96 valence electrons. The number of benzene rings is 1. The summed E-state index contributed by atoms with van der Waals surface area (Å²) >= 11 is 0. The average molecular weight is 257 g/mol. The molecule has 0 aliphatic carbocycles. The first-order chi connectivity index (χ1) is 8.05. The van der Waals surface area contributed by atoms with Gasteiger partial charge in [0.2, 0.25) is 10.0 Å². The molecule has 0 amide bonds. The molecule has 0 saturated heterocycles. The number of hydrogen-bond donors (Lipinski definition) is 3. The first kappa shape index (κ1) is 14.0. The maximum absolute atomic E-state index is 11.8. The minimum absolute atomic E-state index is 0.0724. The molecule has 1 atom stereocenters. The minimum Gasteiger partial charge on any atom is -0.380 e. The van der Waals surface area contributed by atoms with Crippen molar-refractivity contribution in [1.29, 1.82) is 0 Å². The summed E-state index contributed by atoms with van der Waals surface area (Å²) in [7, 11) is -2.05. The van der Waals surface area contributed by atoms with Gasteiger partial charge in [0, 0.05) is 12.6 Å². The van der Waals surface area contributed by atoms with Crippen molar-refractivity contribution in [2.24, 2.45) is 5.73 Å². The van der Waals surface area contributed by atoms with Crippen LogP contribution in [0.3, 0.4) is 0 Å². The van der Waals surface area contributed by atoms with Crippen LogP contribution in [0.25, 0.3) is 0 Å². The number of para-hydroxylation sites is 1. The molecule has 17 heavy (non-hydrogen) atoms. The van der Waals surface area contributed by atoms with Crippen molar-refractivity contribution in [2.45, 2.75) is 24.3 Å². The van der Waals surface area contributed by atoms with Gasteiger partial charge in [-0.25, -0.2) is 13.1 Å². The van der Waals surface area contributed by atoms with Crippen molar-refractivity contribution >= 4 is 15.7 Å². The van der Waals surface area contributed by atoms with Crippen LogP contribution in [0.2, 0.25) is 0 Å². The van der Waals surface area contributed by atoms with Crippen LogP contribution in [0.1, 0.15) is 13.3 Å². The third-order valence-corrected chi connectivity index (χ3v) is 4.05. The second-order valence-electron chi connectivity index (χ2n) is 3.69. The van der Waals surface area contributed by atoms with Gasteiger partial charge in [0.25, 0.3) is 0 Å². The van der Waals surface area contributed by atoms with Crippen molar-refractivity contribution in [3.05, 3.63) is 24.3 Å². The van der Waals surface area contributed by atoms with Crippen LogP contribution in [0, 0.1) is 0 Å². The highest BCUT2D eigenvalue weighted by molar-refractivity contribution is 7.89. The molecule has 4 N–H and O–H groups in total. The quantitative estimate of drug-likeness (QED) is 0.702. The molecule has 1 rings (SSSR count). The molecule has 1 aromatic carbocycles. The molecule has 0 spiro atoms. The lowest BCUT2D eigenvalue weighted by molar-refractivity contribution is 0.588. The van der Waals surface area contributed by atoms with Crippen molar-refractivity contribution in [3.63, 3.8) is 0 Å². The zero-order valence-electron chi connectivity index (χ0n) is 10.1. The fraction of sp³-hybridized carbons (Fsp3) is 0.455. The molecule has 0 saturated carbocycles. The Morgan fingerprint density at radius 3 is 2.53 bits per heavy atom.